The van der Waals surface area contributed by atoms with Gasteiger partial charge in [0.25, 0.3) is 0 Å². The van der Waals surface area contributed by atoms with Crippen molar-refractivity contribution in [3.05, 3.63) is 109 Å². The van der Waals surface area contributed by atoms with Crippen LogP contribution in [0.1, 0.15) is 25.1 Å². The lowest BCUT2D eigenvalue weighted by atomic mass is 9.82. The standard InChI is InChI=1S/C24H22N2/c1-5-11-19-17(7-3)18(8-4)22(12-6-2)24-23(15-25-16-26-24)21-14-10-9-13-20(19)21/h5-16H,3-4H2,1-2H3/b11-5-,12-6-,18-17?,19-17-,20-19?,22-18-,23-21?,24-22?. The average molecular weight is 338 g/mol. The van der Waals surface area contributed by atoms with E-state index in [0.29, 0.717) is 0 Å². The number of rotatable bonds is 4. The Balaban J connectivity index is 2.59. The average Bonchev–Trinajstić information content (AvgIpc) is 2.68. The summed E-state index contributed by atoms with van der Waals surface area (Å²) in [5.74, 6) is 0. The van der Waals surface area contributed by atoms with Gasteiger partial charge in [-0.2, -0.15) is 0 Å². The summed E-state index contributed by atoms with van der Waals surface area (Å²) in [4.78, 5) is 8.90. The number of benzene rings is 1. The molecule has 0 saturated heterocycles. The first kappa shape index (κ1) is 17.6. The van der Waals surface area contributed by atoms with E-state index in [0.717, 1.165) is 44.7 Å². The molecule has 128 valence electrons. The SMILES string of the molecule is C=CC1=C(\C=C/C)c2ccccc2-c2cncnc2C(/C=C\C)=C\1C=C. The lowest BCUT2D eigenvalue weighted by Crippen LogP contribution is -2.04. The van der Waals surface area contributed by atoms with Crippen LogP contribution in [-0.4, -0.2) is 9.97 Å². The zero-order valence-electron chi connectivity index (χ0n) is 15.2. The lowest BCUT2D eigenvalue weighted by Gasteiger charge is -2.22. The van der Waals surface area contributed by atoms with E-state index in [1.807, 2.05) is 44.3 Å². The third-order valence-electron chi connectivity index (χ3n) is 4.42. The van der Waals surface area contributed by atoms with Crippen molar-refractivity contribution in [1.82, 2.24) is 9.97 Å². The molecule has 0 fully saturated rings. The maximum Gasteiger partial charge on any atom is 0.116 e. The maximum absolute atomic E-state index is 4.61. The third-order valence-corrected chi connectivity index (χ3v) is 4.42. The second-order valence-corrected chi connectivity index (χ2v) is 5.89. The van der Waals surface area contributed by atoms with Crippen molar-refractivity contribution in [1.29, 1.82) is 0 Å². The lowest BCUT2D eigenvalue weighted by molar-refractivity contribution is 1.14. The molecule has 0 bridgehead atoms. The zero-order chi connectivity index (χ0) is 18.5. The molecule has 1 aromatic carbocycles. The molecule has 1 heterocycles. The quantitative estimate of drug-likeness (QED) is 0.664. The molecule has 3 rings (SSSR count). The van der Waals surface area contributed by atoms with Gasteiger partial charge >= 0.3 is 0 Å². The van der Waals surface area contributed by atoms with Crippen LogP contribution in [0.25, 0.3) is 22.3 Å². The molecule has 0 spiro atoms. The number of allylic oxidation sites excluding steroid dienone is 10. The summed E-state index contributed by atoms with van der Waals surface area (Å²) in [5, 5.41) is 0. The van der Waals surface area contributed by atoms with Gasteiger partial charge in [-0.3, -0.25) is 0 Å². The van der Waals surface area contributed by atoms with Gasteiger partial charge in [0.2, 0.25) is 0 Å². The van der Waals surface area contributed by atoms with Gasteiger partial charge in [0.15, 0.2) is 0 Å². The van der Waals surface area contributed by atoms with Gasteiger partial charge in [-0.25, -0.2) is 9.97 Å². The second kappa shape index (κ2) is 7.75. The topological polar surface area (TPSA) is 25.8 Å². The molecule has 1 aliphatic rings. The van der Waals surface area contributed by atoms with Crippen molar-refractivity contribution < 1.29 is 0 Å². The fourth-order valence-electron chi connectivity index (χ4n) is 3.38. The van der Waals surface area contributed by atoms with Crippen LogP contribution < -0.4 is 0 Å². The van der Waals surface area contributed by atoms with Crippen LogP contribution in [0.2, 0.25) is 0 Å². The predicted octanol–water partition coefficient (Wildman–Crippen LogP) is 6.19. The van der Waals surface area contributed by atoms with Crippen LogP contribution in [0, 0.1) is 0 Å². The summed E-state index contributed by atoms with van der Waals surface area (Å²) >= 11 is 0. The summed E-state index contributed by atoms with van der Waals surface area (Å²) in [6.45, 7) is 12.2. The van der Waals surface area contributed by atoms with Crippen LogP contribution in [0.5, 0.6) is 0 Å². The number of nitrogens with zero attached hydrogens (tertiary/aromatic N) is 2. The van der Waals surface area contributed by atoms with Crippen molar-refractivity contribution in [3.8, 4) is 11.1 Å². The van der Waals surface area contributed by atoms with E-state index < -0.39 is 0 Å². The fourth-order valence-corrected chi connectivity index (χ4v) is 3.38. The Morgan fingerprint density at radius 2 is 1.38 bits per heavy atom. The molecule has 0 atom stereocenters. The summed E-state index contributed by atoms with van der Waals surface area (Å²) in [6, 6.07) is 8.35. The first-order valence-corrected chi connectivity index (χ1v) is 8.66. The van der Waals surface area contributed by atoms with Crippen molar-refractivity contribution in [2.75, 3.05) is 0 Å². The Morgan fingerprint density at radius 3 is 2.04 bits per heavy atom. The largest absolute Gasteiger partial charge is 0.244 e. The first-order chi connectivity index (χ1) is 12.8. The fraction of sp³-hybridized carbons (Fsp3) is 0.0833. The molecule has 0 amide bonds. The summed E-state index contributed by atoms with van der Waals surface area (Å²) < 4.78 is 0. The summed E-state index contributed by atoms with van der Waals surface area (Å²) in [7, 11) is 0. The number of hydrogen-bond acceptors (Lipinski definition) is 2. The van der Waals surface area contributed by atoms with Gasteiger partial charge in [-0.15, -0.1) is 0 Å². The Kier molecular flexibility index (Phi) is 5.23. The van der Waals surface area contributed by atoms with Crippen molar-refractivity contribution in [2.24, 2.45) is 0 Å². The van der Waals surface area contributed by atoms with Gasteiger partial charge in [-0.1, -0.05) is 73.9 Å². The molecule has 0 radical (unpaired) electrons. The highest BCUT2D eigenvalue weighted by molar-refractivity contribution is 5.99. The summed E-state index contributed by atoms with van der Waals surface area (Å²) in [5.41, 5.74) is 8.36. The Bertz CT molecular complexity index is 903. The Morgan fingerprint density at radius 1 is 0.769 bits per heavy atom. The molecule has 0 saturated carbocycles. The van der Waals surface area contributed by atoms with Crippen LogP contribution >= 0.6 is 0 Å². The van der Waals surface area contributed by atoms with Crippen LogP contribution in [-0.2, 0) is 0 Å². The van der Waals surface area contributed by atoms with Crippen LogP contribution in [0.15, 0.2) is 97.5 Å². The minimum absolute atomic E-state index is 0.902. The molecular weight excluding hydrogens is 316 g/mol. The smallest absolute Gasteiger partial charge is 0.116 e. The molecule has 2 nitrogen and oxygen atoms in total. The van der Waals surface area contributed by atoms with Crippen LogP contribution in [0.3, 0.4) is 0 Å². The predicted molar refractivity (Wildman–Crippen MR) is 111 cm³/mol. The van der Waals surface area contributed by atoms with E-state index in [4.69, 9.17) is 0 Å². The normalized spacial score (nSPS) is 19.8. The van der Waals surface area contributed by atoms with E-state index >= 15 is 0 Å². The molecule has 0 aliphatic heterocycles. The molecule has 0 unspecified atom stereocenters. The van der Waals surface area contributed by atoms with E-state index in [1.165, 1.54) is 0 Å². The van der Waals surface area contributed by atoms with E-state index in [2.05, 4.69) is 59.6 Å². The molecular formula is C24H22N2. The molecule has 1 aromatic heterocycles. The maximum atomic E-state index is 4.61. The number of aromatic nitrogens is 2. The second-order valence-electron chi connectivity index (χ2n) is 5.89. The van der Waals surface area contributed by atoms with E-state index in [1.54, 1.807) is 6.33 Å². The highest BCUT2D eigenvalue weighted by Gasteiger charge is 2.22. The Hall–Kier alpha value is -3.26. The Labute approximate surface area is 155 Å². The minimum Gasteiger partial charge on any atom is -0.244 e. The third kappa shape index (κ3) is 2.91. The van der Waals surface area contributed by atoms with Gasteiger partial charge < -0.3 is 0 Å². The molecule has 2 aromatic rings. The monoisotopic (exact) mass is 338 g/mol. The first-order valence-electron chi connectivity index (χ1n) is 8.66. The zero-order valence-corrected chi connectivity index (χ0v) is 15.2. The molecule has 1 aliphatic carbocycles. The van der Waals surface area contributed by atoms with Crippen molar-refractivity contribution in [2.45, 2.75) is 13.8 Å². The molecule has 26 heavy (non-hydrogen) atoms. The molecule has 2 heteroatoms. The van der Waals surface area contributed by atoms with E-state index in [9.17, 15) is 0 Å². The van der Waals surface area contributed by atoms with Gasteiger partial charge in [-0.05, 0) is 41.7 Å². The molecule has 0 N–H and O–H groups in total. The number of hydrogen-bond donors (Lipinski definition) is 0. The van der Waals surface area contributed by atoms with Gasteiger partial charge in [0.05, 0.1) is 5.69 Å². The van der Waals surface area contributed by atoms with Crippen molar-refractivity contribution in [3.63, 3.8) is 0 Å². The number of fused-ring (bicyclic) bond motifs is 3. The highest BCUT2D eigenvalue weighted by Crippen LogP contribution is 2.41. The highest BCUT2D eigenvalue weighted by atomic mass is 14.8. The minimum atomic E-state index is 0.902. The van der Waals surface area contributed by atoms with Crippen molar-refractivity contribution >= 4 is 11.1 Å². The van der Waals surface area contributed by atoms with E-state index in [-0.39, 0.29) is 0 Å². The van der Waals surface area contributed by atoms with Gasteiger partial charge in [0, 0.05) is 17.3 Å². The summed E-state index contributed by atoms with van der Waals surface area (Å²) in [6.07, 6.45) is 15.5. The van der Waals surface area contributed by atoms with Gasteiger partial charge in [0.1, 0.15) is 6.33 Å². The van der Waals surface area contributed by atoms with Crippen LogP contribution in [0.4, 0.5) is 0 Å².